The second kappa shape index (κ2) is 16.1. The average Bonchev–Trinajstić information content (AvgIpc) is 2.93. The number of aromatic nitrogens is 3. The van der Waals surface area contributed by atoms with Crippen LogP contribution in [0.1, 0.15) is 64.0 Å². The number of halogens is 1. The standard InChI is InChI=1S/C19H38N6O.HI/c1-16(2)11-8-6-7-9-12-20-19(21-13-10-14-26-5)22-15-18-24-23-17(3)25(18)4;/h16H,6-15H2,1-5H3,(H2,20,21,22);1H. The molecule has 0 saturated heterocycles. The van der Waals surface area contributed by atoms with Crippen molar-refractivity contribution in [2.75, 3.05) is 26.8 Å². The van der Waals surface area contributed by atoms with E-state index in [1.165, 1.54) is 32.1 Å². The van der Waals surface area contributed by atoms with E-state index < -0.39 is 0 Å². The number of unbranched alkanes of at least 4 members (excludes halogenated alkanes) is 3. The van der Waals surface area contributed by atoms with Crippen molar-refractivity contribution in [2.45, 2.75) is 65.8 Å². The molecule has 0 radical (unpaired) electrons. The topological polar surface area (TPSA) is 76.4 Å². The van der Waals surface area contributed by atoms with Gasteiger partial charge in [-0.3, -0.25) is 0 Å². The van der Waals surface area contributed by atoms with Crippen LogP contribution in [0.5, 0.6) is 0 Å². The molecule has 1 aromatic rings. The van der Waals surface area contributed by atoms with Crippen molar-refractivity contribution in [1.29, 1.82) is 0 Å². The van der Waals surface area contributed by atoms with Crippen LogP contribution in [0.25, 0.3) is 0 Å². The fourth-order valence-corrected chi connectivity index (χ4v) is 2.57. The molecule has 0 bridgehead atoms. The van der Waals surface area contributed by atoms with E-state index in [4.69, 9.17) is 4.74 Å². The largest absolute Gasteiger partial charge is 0.385 e. The molecule has 0 spiro atoms. The molecule has 2 N–H and O–H groups in total. The maximum absolute atomic E-state index is 5.10. The lowest BCUT2D eigenvalue weighted by molar-refractivity contribution is 0.195. The third kappa shape index (κ3) is 12.2. The van der Waals surface area contributed by atoms with Gasteiger partial charge >= 0.3 is 0 Å². The van der Waals surface area contributed by atoms with Gasteiger partial charge in [0.15, 0.2) is 11.8 Å². The van der Waals surface area contributed by atoms with Crippen molar-refractivity contribution >= 4 is 29.9 Å². The third-order valence-corrected chi connectivity index (χ3v) is 4.38. The molecule has 0 aliphatic rings. The third-order valence-electron chi connectivity index (χ3n) is 4.38. The molecule has 27 heavy (non-hydrogen) atoms. The Bertz CT molecular complexity index is 518. The Labute approximate surface area is 182 Å². The highest BCUT2D eigenvalue weighted by Crippen LogP contribution is 2.08. The lowest BCUT2D eigenvalue weighted by Crippen LogP contribution is -2.38. The normalized spacial score (nSPS) is 11.6. The van der Waals surface area contributed by atoms with Gasteiger partial charge in [0.05, 0.1) is 0 Å². The summed E-state index contributed by atoms with van der Waals surface area (Å²) < 4.78 is 7.08. The highest BCUT2D eigenvalue weighted by molar-refractivity contribution is 14.0. The summed E-state index contributed by atoms with van der Waals surface area (Å²) in [6.45, 7) is 9.57. The van der Waals surface area contributed by atoms with Gasteiger partial charge in [0, 0.05) is 33.9 Å². The summed E-state index contributed by atoms with van der Waals surface area (Å²) in [5, 5.41) is 15.1. The molecular formula is C19H39IN6O. The molecule has 1 heterocycles. The molecular weight excluding hydrogens is 455 g/mol. The van der Waals surface area contributed by atoms with Crippen molar-refractivity contribution < 1.29 is 4.74 Å². The number of guanidine groups is 1. The Morgan fingerprint density at radius 2 is 1.74 bits per heavy atom. The van der Waals surface area contributed by atoms with E-state index in [2.05, 4.69) is 39.7 Å². The molecule has 158 valence electrons. The highest BCUT2D eigenvalue weighted by Gasteiger charge is 2.05. The van der Waals surface area contributed by atoms with E-state index in [9.17, 15) is 0 Å². The van der Waals surface area contributed by atoms with Gasteiger partial charge in [-0.2, -0.15) is 0 Å². The summed E-state index contributed by atoms with van der Waals surface area (Å²) in [7, 11) is 3.69. The van der Waals surface area contributed by atoms with E-state index in [-0.39, 0.29) is 24.0 Å². The molecule has 1 rings (SSSR count). The number of ether oxygens (including phenoxy) is 1. The number of hydrogen-bond acceptors (Lipinski definition) is 4. The predicted molar refractivity (Wildman–Crippen MR) is 123 cm³/mol. The van der Waals surface area contributed by atoms with Gasteiger partial charge in [0.1, 0.15) is 12.4 Å². The minimum absolute atomic E-state index is 0. The zero-order chi connectivity index (χ0) is 19.2. The fourth-order valence-electron chi connectivity index (χ4n) is 2.57. The van der Waals surface area contributed by atoms with Crippen LogP contribution in [0.3, 0.4) is 0 Å². The Morgan fingerprint density at radius 3 is 2.33 bits per heavy atom. The highest BCUT2D eigenvalue weighted by atomic mass is 127. The molecule has 1 aromatic heterocycles. The number of hydrogen-bond donors (Lipinski definition) is 2. The fraction of sp³-hybridized carbons (Fsp3) is 0.842. The summed E-state index contributed by atoms with van der Waals surface area (Å²) in [6, 6.07) is 0. The monoisotopic (exact) mass is 494 g/mol. The van der Waals surface area contributed by atoms with Crippen molar-refractivity contribution in [1.82, 2.24) is 25.4 Å². The van der Waals surface area contributed by atoms with Crippen LogP contribution in [-0.2, 0) is 18.3 Å². The lowest BCUT2D eigenvalue weighted by Gasteiger charge is -2.12. The summed E-state index contributed by atoms with van der Waals surface area (Å²) in [6.07, 6.45) is 7.36. The van der Waals surface area contributed by atoms with Gasteiger partial charge in [-0.1, -0.05) is 39.5 Å². The molecule has 7 nitrogen and oxygen atoms in total. The second-order valence-electron chi connectivity index (χ2n) is 7.18. The first-order valence-electron chi connectivity index (χ1n) is 9.90. The Hall–Kier alpha value is -0.900. The van der Waals surface area contributed by atoms with Crippen molar-refractivity contribution in [3.05, 3.63) is 11.6 Å². The summed E-state index contributed by atoms with van der Waals surface area (Å²) in [5.41, 5.74) is 0. The summed E-state index contributed by atoms with van der Waals surface area (Å²) >= 11 is 0. The van der Waals surface area contributed by atoms with Gasteiger partial charge in [0.2, 0.25) is 0 Å². The van der Waals surface area contributed by atoms with Crippen LogP contribution < -0.4 is 10.6 Å². The maximum Gasteiger partial charge on any atom is 0.191 e. The zero-order valence-corrected chi connectivity index (χ0v) is 20.1. The number of nitrogens with zero attached hydrogens (tertiary/aromatic N) is 4. The zero-order valence-electron chi connectivity index (χ0n) is 17.8. The molecule has 0 saturated carbocycles. The number of aliphatic imine (C=N–C) groups is 1. The SMILES string of the molecule is COCCCNC(=NCc1nnc(C)n1C)NCCCCCCC(C)C.I. The van der Waals surface area contributed by atoms with E-state index in [1.54, 1.807) is 7.11 Å². The van der Waals surface area contributed by atoms with Crippen LogP contribution in [-0.4, -0.2) is 47.5 Å². The summed E-state index contributed by atoms with van der Waals surface area (Å²) in [5.74, 6) is 3.42. The van der Waals surface area contributed by atoms with Gasteiger partial charge in [-0.25, -0.2) is 4.99 Å². The molecule has 0 atom stereocenters. The van der Waals surface area contributed by atoms with Crippen LogP contribution in [0.4, 0.5) is 0 Å². The van der Waals surface area contributed by atoms with Crippen LogP contribution in [0.15, 0.2) is 4.99 Å². The molecule has 0 aliphatic heterocycles. The van der Waals surface area contributed by atoms with Gasteiger partial charge in [-0.05, 0) is 25.7 Å². The van der Waals surface area contributed by atoms with Crippen molar-refractivity contribution in [3.8, 4) is 0 Å². The molecule has 0 fully saturated rings. The maximum atomic E-state index is 5.10. The molecule has 0 aliphatic carbocycles. The van der Waals surface area contributed by atoms with Crippen LogP contribution in [0.2, 0.25) is 0 Å². The van der Waals surface area contributed by atoms with Crippen LogP contribution in [0, 0.1) is 12.8 Å². The minimum Gasteiger partial charge on any atom is -0.385 e. The number of nitrogens with one attached hydrogen (secondary N) is 2. The number of aryl methyl sites for hydroxylation is 1. The van der Waals surface area contributed by atoms with Crippen LogP contribution >= 0.6 is 24.0 Å². The smallest absolute Gasteiger partial charge is 0.191 e. The molecule has 0 amide bonds. The Kier molecular flexibility index (Phi) is 15.6. The van der Waals surface area contributed by atoms with Crippen molar-refractivity contribution in [2.24, 2.45) is 18.0 Å². The quantitative estimate of drug-likeness (QED) is 0.190. The molecule has 0 unspecified atom stereocenters. The van der Waals surface area contributed by atoms with Gasteiger partial charge < -0.3 is 19.9 Å². The number of rotatable bonds is 13. The molecule has 8 heteroatoms. The van der Waals surface area contributed by atoms with E-state index in [0.29, 0.717) is 6.54 Å². The lowest BCUT2D eigenvalue weighted by atomic mass is 10.0. The van der Waals surface area contributed by atoms with E-state index in [1.807, 2.05) is 18.5 Å². The summed E-state index contributed by atoms with van der Waals surface area (Å²) in [4.78, 5) is 4.65. The van der Waals surface area contributed by atoms with E-state index in [0.717, 1.165) is 49.6 Å². The van der Waals surface area contributed by atoms with E-state index >= 15 is 0 Å². The van der Waals surface area contributed by atoms with Gasteiger partial charge in [0.25, 0.3) is 0 Å². The first kappa shape index (κ1) is 26.1. The minimum atomic E-state index is 0. The second-order valence-corrected chi connectivity index (χ2v) is 7.18. The van der Waals surface area contributed by atoms with Gasteiger partial charge in [-0.15, -0.1) is 34.2 Å². The van der Waals surface area contributed by atoms with Crippen molar-refractivity contribution in [3.63, 3.8) is 0 Å². The molecule has 0 aromatic carbocycles. The first-order valence-corrected chi connectivity index (χ1v) is 9.90. The average molecular weight is 494 g/mol. The Balaban J connectivity index is 0.00000676. The number of methoxy groups -OCH3 is 1. The Morgan fingerprint density at radius 1 is 1.07 bits per heavy atom. The predicted octanol–water partition coefficient (Wildman–Crippen LogP) is 3.42. The first-order chi connectivity index (χ1) is 12.5.